The molecule has 24 heavy (non-hydrogen) atoms. The molecule has 0 bridgehead atoms. The molecule has 1 aromatic rings. The number of fused-ring (bicyclic) bond motifs is 2. The average molecular weight is 327 g/mol. The van der Waals surface area contributed by atoms with Crippen molar-refractivity contribution < 1.29 is 4.79 Å². The van der Waals surface area contributed by atoms with E-state index in [1.165, 1.54) is 31.2 Å². The fourth-order valence-corrected chi connectivity index (χ4v) is 4.84. The van der Waals surface area contributed by atoms with E-state index in [2.05, 4.69) is 46.8 Å². The lowest BCUT2D eigenvalue weighted by Crippen LogP contribution is -2.47. The molecule has 2 N–H and O–H groups in total. The molecule has 1 saturated carbocycles. The number of hydrogen-bond donors (Lipinski definition) is 2. The van der Waals surface area contributed by atoms with Gasteiger partial charge in [-0.1, -0.05) is 24.3 Å². The van der Waals surface area contributed by atoms with Gasteiger partial charge in [0, 0.05) is 18.0 Å². The smallest absolute Gasteiger partial charge is 0.315 e. The Morgan fingerprint density at radius 1 is 1.29 bits per heavy atom. The zero-order valence-corrected chi connectivity index (χ0v) is 14.7. The molecule has 1 spiro atoms. The Labute approximate surface area is 145 Å². The summed E-state index contributed by atoms with van der Waals surface area (Å²) < 4.78 is 0. The zero-order valence-electron chi connectivity index (χ0n) is 14.7. The molecule has 2 amide bonds. The summed E-state index contributed by atoms with van der Waals surface area (Å²) in [5.41, 5.74) is 3.44. The van der Waals surface area contributed by atoms with Crippen molar-refractivity contribution in [2.75, 3.05) is 26.7 Å². The Balaban J connectivity index is 1.29. The Kier molecular flexibility index (Phi) is 4.25. The first-order valence-electron chi connectivity index (χ1n) is 9.49. The molecule has 0 aromatic heterocycles. The Bertz CT molecular complexity index is 609. The Morgan fingerprint density at radius 2 is 2.08 bits per heavy atom. The van der Waals surface area contributed by atoms with E-state index in [0.717, 1.165) is 32.5 Å². The number of urea groups is 1. The van der Waals surface area contributed by atoms with Crippen molar-refractivity contribution in [2.45, 2.75) is 50.0 Å². The highest BCUT2D eigenvalue weighted by Gasteiger charge is 2.56. The number of likely N-dealkylation sites (tertiary alicyclic amines) is 1. The number of benzene rings is 1. The van der Waals surface area contributed by atoms with Gasteiger partial charge in [-0.25, -0.2) is 4.79 Å². The summed E-state index contributed by atoms with van der Waals surface area (Å²) in [6.07, 6.45) is 7.14. The van der Waals surface area contributed by atoms with Crippen LogP contribution in [-0.2, 0) is 11.8 Å². The summed E-state index contributed by atoms with van der Waals surface area (Å²) in [6.45, 7) is 2.97. The molecule has 4 rings (SSSR count). The fourth-order valence-electron chi connectivity index (χ4n) is 4.84. The molecular formula is C20H29N3O. The van der Waals surface area contributed by atoms with Crippen LogP contribution in [0.4, 0.5) is 4.79 Å². The standard InChI is InChI=1S/C20H29N3O/c1-23-11-8-17(9-12-23)22-19(24)21-14-16-13-20(16)10-4-6-15-5-2-3-7-18(15)20/h2-3,5,7,16-17H,4,6,8-14H2,1H3,(H2,21,22,24)/t16-,20-/m0/s1. The van der Waals surface area contributed by atoms with E-state index >= 15 is 0 Å². The van der Waals surface area contributed by atoms with Gasteiger partial charge in [-0.05, 0) is 75.7 Å². The molecule has 1 aliphatic heterocycles. The fraction of sp³-hybridized carbons (Fsp3) is 0.650. The van der Waals surface area contributed by atoms with Crippen LogP contribution >= 0.6 is 0 Å². The summed E-state index contributed by atoms with van der Waals surface area (Å²) >= 11 is 0. The first-order valence-corrected chi connectivity index (χ1v) is 9.49. The number of piperidine rings is 1. The van der Waals surface area contributed by atoms with Gasteiger partial charge in [-0.3, -0.25) is 0 Å². The lowest BCUT2D eigenvalue weighted by molar-refractivity contribution is 0.213. The highest BCUT2D eigenvalue weighted by molar-refractivity contribution is 5.74. The third-order valence-corrected chi connectivity index (χ3v) is 6.42. The molecule has 2 atom stereocenters. The van der Waals surface area contributed by atoms with Gasteiger partial charge in [-0.2, -0.15) is 0 Å². The van der Waals surface area contributed by atoms with E-state index in [-0.39, 0.29) is 6.03 Å². The monoisotopic (exact) mass is 327 g/mol. The summed E-state index contributed by atoms with van der Waals surface area (Å²) in [7, 11) is 2.14. The van der Waals surface area contributed by atoms with Gasteiger partial charge in [-0.15, -0.1) is 0 Å². The first-order chi connectivity index (χ1) is 11.7. The Hall–Kier alpha value is -1.55. The summed E-state index contributed by atoms with van der Waals surface area (Å²) in [4.78, 5) is 14.5. The second-order valence-electron chi connectivity index (χ2n) is 8.00. The highest BCUT2D eigenvalue weighted by atomic mass is 16.2. The van der Waals surface area contributed by atoms with Gasteiger partial charge < -0.3 is 15.5 Å². The summed E-state index contributed by atoms with van der Waals surface area (Å²) in [6, 6.07) is 9.28. The lowest BCUT2D eigenvalue weighted by atomic mass is 9.78. The quantitative estimate of drug-likeness (QED) is 0.896. The number of nitrogens with zero attached hydrogens (tertiary/aromatic N) is 1. The minimum Gasteiger partial charge on any atom is -0.338 e. The molecule has 0 radical (unpaired) electrons. The van der Waals surface area contributed by atoms with Crippen LogP contribution in [0.3, 0.4) is 0 Å². The van der Waals surface area contributed by atoms with Crippen LogP contribution in [0.1, 0.15) is 43.2 Å². The predicted molar refractivity (Wildman–Crippen MR) is 96.2 cm³/mol. The number of carbonyl (C=O) groups excluding carboxylic acids is 1. The zero-order chi connectivity index (χ0) is 16.6. The van der Waals surface area contributed by atoms with Crippen LogP contribution in [0, 0.1) is 5.92 Å². The van der Waals surface area contributed by atoms with Crippen LogP contribution < -0.4 is 10.6 Å². The van der Waals surface area contributed by atoms with Gasteiger partial charge in [0.25, 0.3) is 0 Å². The maximum Gasteiger partial charge on any atom is 0.315 e. The molecule has 1 saturated heterocycles. The lowest BCUT2D eigenvalue weighted by Gasteiger charge is -2.29. The maximum absolute atomic E-state index is 12.2. The summed E-state index contributed by atoms with van der Waals surface area (Å²) in [5, 5.41) is 6.30. The molecule has 130 valence electrons. The van der Waals surface area contributed by atoms with Crippen molar-refractivity contribution in [3.05, 3.63) is 35.4 Å². The van der Waals surface area contributed by atoms with Crippen molar-refractivity contribution in [3.8, 4) is 0 Å². The second kappa shape index (κ2) is 6.40. The number of nitrogens with one attached hydrogen (secondary N) is 2. The normalized spacial score (nSPS) is 30.0. The molecule has 2 aliphatic carbocycles. The molecule has 4 heteroatoms. The molecule has 1 aromatic carbocycles. The van der Waals surface area contributed by atoms with Crippen molar-refractivity contribution in [3.63, 3.8) is 0 Å². The highest BCUT2D eigenvalue weighted by Crippen LogP contribution is 2.59. The van der Waals surface area contributed by atoms with Crippen LogP contribution in [-0.4, -0.2) is 43.7 Å². The number of rotatable bonds is 3. The average Bonchev–Trinajstić information content (AvgIpc) is 3.29. The molecule has 1 heterocycles. The van der Waals surface area contributed by atoms with E-state index in [1.807, 2.05) is 0 Å². The SMILES string of the molecule is CN1CCC(NC(=O)NC[C@@H]2C[C@@]23CCCc2ccccc23)CC1. The van der Waals surface area contributed by atoms with Crippen LogP contribution in [0.2, 0.25) is 0 Å². The number of aryl methyl sites for hydroxylation is 1. The minimum atomic E-state index is 0.0238. The maximum atomic E-state index is 12.2. The molecule has 0 unspecified atom stereocenters. The van der Waals surface area contributed by atoms with Gasteiger partial charge >= 0.3 is 6.03 Å². The van der Waals surface area contributed by atoms with Crippen molar-refractivity contribution >= 4 is 6.03 Å². The van der Waals surface area contributed by atoms with E-state index in [9.17, 15) is 4.79 Å². The van der Waals surface area contributed by atoms with Gasteiger partial charge in [0.1, 0.15) is 0 Å². The van der Waals surface area contributed by atoms with Crippen LogP contribution in [0.25, 0.3) is 0 Å². The molecule has 4 nitrogen and oxygen atoms in total. The minimum absolute atomic E-state index is 0.0238. The summed E-state index contributed by atoms with van der Waals surface area (Å²) in [5.74, 6) is 0.613. The third-order valence-electron chi connectivity index (χ3n) is 6.42. The Morgan fingerprint density at radius 3 is 2.92 bits per heavy atom. The van der Waals surface area contributed by atoms with Crippen molar-refractivity contribution in [1.29, 1.82) is 0 Å². The van der Waals surface area contributed by atoms with Crippen LogP contribution in [0.15, 0.2) is 24.3 Å². The van der Waals surface area contributed by atoms with Gasteiger partial charge in [0.15, 0.2) is 0 Å². The van der Waals surface area contributed by atoms with Crippen LogP contribution in [0.5, 0.6) is 0 Å². The molecular weight excluding hydrogens is 298 g/mol. The molecule has 2 fully saturated rings. The van der Waals surface area contributed by atoms with Gasteiger partial charge in [0.2, 0.25) is 0 Å². The predicted octanol–water partition coefficient (Wildman–Crippen LogP) is 2.67. The molecule has 3 aliphatic rings. The van der Waals surface area contributed by atoms with Crippen molar-refractivity contribution in [2.24, 2.45) is 5.92 Å². The van der Waals surface area contributed by atoms with E-state index in [4.69, 9.17) is 0 Å². The number of carbonyl (C=O) groups is 1. The number of amides is 2. The third kappa shape index (κ3) is 3.04. The second-order valence-corrected chi connectivity index (χ2v) is 8.00. The number of hydrogen-bond acceptors (Lipinski definition) is 2. The van der Waals surface area contributed by atoms with Crippen molar-refractivity contribution in [1.82, 2.24) is 15.5 Å². The largest absolute Gasteiger partial charge is 0.338 e. The van der Waals surface area contributed by atoms with E-state index in [1.54, 1.807) is 5.56 Å². The topological polar surface area (TPSA) is 44.4 Å². The van der Waals surface area contributed by atoms with Gasteiger partial charge in [0.05, 0.1) is 0 Å². The van der Waals surface area contributed by atoms with E-state index < -0.39 is 0 Å². The first kappa shape index (κ1) is 15.9. The van der Waals surface area contributed by atoms with E-state index in [0.29, 0.717) is 17.4 Å².